The molecule has 2 unspecified atom stereocenters. The van der Waals surface area contributed by atoms with E-state index in [0.717, 1.165) is 58.2 Å². The topological polar surface area (TPSA) is 35.5 Å². The Balaban J connectivity index is 1.62. The Bertz CT molecular complexity index is 301. The van der Waals surface area contributed by atoms with Crippen LogP contribution in [0.2, 0.25) is 0 Å². The molecule has 3 rings (SSSR count). The zero-order chi connectivity index (χ0) is 12.4. The van der Waals surface area contributed by atoms with Gasteiger partial charge in [-0.15, -0.1) is 0 Å². The lowest BCUT2D eigenvalue weighted by atomic mass is 9.80. The summed E-state index contributed by atoms with van der Waals surface area (Å²) in [6.07, 6.45) is 9.77. The summed E-state index contributed by atoms with van der Waals surface area (Å²) >= 11 is 0. The standard InChI is InChI=1S/C15H24O3/c16-14(13-5-1-4-9-17-13)12-6-10-18-15(11-12)7-2-3-8-15/h12-13H,1-11H2. The van der Waals surface area contributed by atoms with Crippen molar-refractivity contribution < 1.29 is 14.3 Å². The highest BCUT2D eigenvalue weighted by atomic mass is 16.5. The van der Waals surface area contributed by atoms with Gasteiger partial charge in [-0.3, -0.25) is 4.79 Å². The molecule has 1 saturated carbocycles. The quantitative estimate of drug-likeness (QED) is 0.758. The number of rotatable bonds is 2. The number of ketones is 1. The lowest BCUT2D eigenvalue weighted by Crippen LogP contribution is -2.43. The molecule has 2 atom stereocenters. The Kier molecular flexibility index (Phi) is 3.71. The van der Waals surface area contributed by atoms with E-state index in [1.54, 1.807) is 0 Å². The summed E-state index contributed by atoms with van der Waals surface area (Å²) in [7, 11) is 0. The van der Waals surface area contributed by atoms with Crippen LogP contribution in [0, 0.1) is 5.92 Å². The van der Waals surface area contributed by atoms with Gasteiger partial charge in [-0.05, 0) is 44.9 Å². The third-order valence-electron chi connectivity index (χ3n) is 4.91. The lowest BCUT2D eigenvalue weighted by Gasteiger charge is -2.39. The maximum atomic E-state index is 12.5. The van der Waals surface area contributed by atoms with Gasteiger partial charge in [-0.1, -0.05) is 12.8 Å². The number of carbonyl (C=O) groups is 1. The SMILES string of the molecule is O=C(C1CCOC2(CCCC2)C1)C1CCCCO1. The molecule has 0 amide bonds. The molecule has 3 heteroatoms. The van der Waals surface area contributed by atoms with Gasteiger partial charge in [0.1, 0.15) is 6.10 Å². The van der Waals surface area contributed by atoms with Gasteiger partial charge in [0.2, 0.25) is 0 Å². The van der Waals surface area contributed by atoms with Crippen LogP contribution in [-0.2, 0) is 14.3 Å². The molecule has 0 radical (unpaired) electrons. The zero-order valence-electron chi connectivity index (χ0n) is 11.2. The number of hydrogen-bond acceptors (Lipinski definition) is 3. The molecule has 3 nitrogen and oxygen atoms in total. The average molecular weight is 252 g/mol. The second-order valence-electron chi connectivity index (χ2n) is 6.19. The molecule has 1 spiro atoms. The molecule has 0 N–H and O–H groups in total. The van der Waals surface area contributed by atoms with Crippen LogP contribution >= 0.6 is 0 Å². The molecule has 2 aliphatic heterocycles. The third kappa shape index (κ3) is 2.48. The van der Waals surface area contributed by atoms with Crippen LogP contribution < -0.4 is 0 Å². The van der Waals surface area contributed by atoms with Crippen molar-refractivity contribution in [2.45, 2.75) is 69.5 Å². The Hall–Kier alpha value is -0.410. The van der Waals surface area contributed by atoms with Crippen molar-refractivity contribution in [3.8, 4) is 0 Å². The molecule has 1 aliphatic carbocycles. The molecule has 102 valence electrons. The van der Waals surface area contributed by atoms with Gasteiger partial charge in [0.25, 0.3) is 0 Å². The van der Waals surface area contributed by atoms with Gasteiger partial charge >= 0.3 is 0 Å². The fourth-order valence-electron chi connectivity index (χ4n) is 3.87. The monoisotopic (exact) mass is 252 g/mol. The summed E-state index contributed by atoms with van der Waals surface area (Å²) < 4.78 is 11.7. The lowest BCUT2D eigenvalue weighted by molar-refractivity contribution is -0.149. The van der Waals surface area contributed by atoms with E-state index in [4.69, 9.17) is 9.47 Å². The summed E-state index contributed by atoms with van der Waals surface area (Å²) in [4.78, 5) is 12.5. The van der Waals surface area contributed by atoms with Crippen molar-refractivity contribution in [1.29, 1.82) is 0 Å². The Morgan fingerprint density at radius 2 is 1.83 bits per heavy atom. The second-order valence-corrected chi connectivity index (χ2v) is 6.19. The highest BCUT2D eigenvalue weighted by molar-refractivity contribution is 5.85. The van der Waals surface area contributed by atoms with Crippen molar-refractivity contribution in [2.24, 2.45) is 5.92 Å². The van der Waals surface area contributed by atoms with Crippen molar-refractivity contribution in [3.63, 3.8) is 0 Å². The van der Waals surface area contributed by atoms with Crippen LogP contribution in [0.3, 0.4) is 0 Å². The molecular weight excluding hydrogens is 228 g/mol. The van der Waals surface area contributed by atoms with E-state index in [1.807, 2.05) is 0 Å². The fraction of sp³-hybridized carbons (Fsp3) is 0.933. The van der Waals surface area contributed by atoms with Crippen molar-refractivity contribution in [2.75, 3.05) is 13.2 Å². The summed E-state index contributed by atoms with van der Waals surface area (Å²) in [5.41, 5.74) is 0.0489. The molecule has 18 heavy (non-hydrogen) atoms. The first kappa shape index (κ1) is 12.6. The van der Waals surface area contributed by atoms with Gasteiger partial charge < -0.3 is 9.47 Å². The summed E-state index contributed by atoms with van der Waals surface area (Å²) in [5, 5.41) is 0. The molecule has 0 aromatic heterocycles. The third-order valence-corrected chi connectivity index (χ3v) is 4.91. The number of hydrogen-bond donors (Lipinski definition) is 0. The minimum absolute atomic E-state index is 0.0489. The predicted molar refractivity (Wildman–Crippen MR) is 68.5 cm³/mol. The van der Waals surface area contributed by atoms with Crippen LogP contribution in [0.15, 0.2) is 0 Å². The Morgan fingerprint density at radius 3 is 2.56 bits per heavy atom. The van der Waals surface area contributed by atoms with E-state index in [2.05, 4.69) is 0 Å². The van der Waals surface area contributed by atoms with E-state index in [1.165, 1.54) is 12.8 Å². The minimum Gasteiger partial charge on any atom is -0.375 e. The molecule has 2 heterocycles. The Morgan fingerprint density at radius 1 is 1.00 bits per heavy atom. The maximum Gasteiger partial charge on any atom is 0.164 e. The predicted octanol–water partition coefficient (Wildman–Crippen LogP) is 2.86. The Labute approximate surface area is 109 Å². The highest BCUT2D eigenvalue weighted by Gasteiger charge is 2.43. The smallest absolute Gasteiger partial charge is 0.164 e. The summed E-state index contributed by atoms with van der Waals surface area (Å²) in [6.45, 7) is 1.54. The van der Waals surface area contributed by atoms with E-state index < -0.39 is 0 Å². The van der Waals surface area contributed by atoms with Crippen molar-refractivity contribution >= 4 is 5.78 Å². The van der Waals surface area contributed by atoms with Crippen LogP contribution in [0.25, 0.3) is 0 Å². The zero-order valence-corrected chi connectivity index (χ0v) is 11.2. The van der Waals surface area contributed by atoms with Crippen molar-refractivity contribution in [3.05, 3.63) is 0 Å². The van der Waals surface area contributed by atoms with Crippen molar-refractivity contribution in [1.82, 2.24) is 0 Å². The average Bonchev–Trinajstić information content (AvgIpc) is 2.87. The second kappa shape index (κ2) is 5.30. The summed E-state index contributed by atoms with van der Waals surface area (Å²) in [5.74, 6) is 0.559. The molecule has 3 fully saturated rings. The van der Waals surface area contributed by atoms with E-state index in [9.17, 15) is 4.79 Å². The molecule has 3 aliphatic rings. The summed E-state index contributed by atoms with van der Waals surface area (Å²) in [6, 6.07) is 0. The van der Waals surface area contributed by atoms with Gasteiger partial charge in [0.15, 0.2) is 5.78 Å². The van der Waals surface area contributed by atoms with Crippen LogP contribution in [0.5, 0.6) is 0 Å². The first-order valence-electron chi connectivity index (χ1n) is 7.58. The van der Waals surface area contributed by atoms with Gasteiger partial charge in [0, 0.05) is 19.1 Å². The van der Waals surface area contributed by atoms with Gasteiger partial charge in [-0.2, -0.15) is 0 Å². The number of carbonyl (C=O) groups excluding carboxylic acids is 1. The van der Waals surface area contributed by atoms with E-state index in [0.29, 0.717) is 5.78 Å². The van der Waals surface area contributed by atoms with Gasteiger partial charge in [0.05, 0.1) is 5.60 Å². The van der Waals surface area contributed by atoms with Crippen LogP contribution in [-0.4, -0.2) is 30.7 Å². The largest absolute Gasteiger partial charge is 0.375 e. The molecule has 0 aromatic rings. The first-order valence-corrected chi connectivity index (χ1v) is 7.58. The highest BCUT2D eigenvalue weighted by Crippen LogP contribution is 2.42. The van der Waals surface area contributed by atoms with Crippen LogP contribution in [0.4, 0.5) is 0 Å². The van der Waals surface area contributed by atoms with E-state index in [-0.39, 0.29) is 17.6 Å². The minimum atomic E-state index is -0.111. The van der Waals surface area contributed by atoms with Gasteiger partial charge in [-0.25, -0.2) is 0 Å². The molecule has 0 aromatic carbocycles. The molecular formula is C15H24O3. The number of Topliss-reactive ketones (excluding diaryl/α,β-unsaturated/α-hetero) is 1. The maximum absolute atomic E-state index is 12.5. The number of ether oxygens (including phenoxy) is 2. The normalized spacial score (nSPS) is 35.8. The first-order chi connectivity index (χ1) is 8.79. The van der Waals surface area contributed by atoms with E-state index >= 15 is 0 Å². The fourth-order valence-corrected chi connectivity index (χ4v) is 3.87. The molecule has 0 bridgehead atoms. The molecule has 2 saturated heterocycles. The van der Waals surface area contributed by atoms with Crippen LogP contribution in [0.1, 0.15) is 57.8 Å².